The minimum absolute atomic E-state index is 0.165. The van der Waals surface area contributed by atoms with E-state index < -0.39 is 0 Å². The molecule has 0 aliphatic carbocycles. The standard InChI is InChI=1S/3C26H33FN2O/c27-21-12-10-20(11-13-21)23-19-29-17-5-8-24(29)22-7-4-9-25(26(22)23)30-18-6-16-28-14-2-1-3-15-28;2*27-21-9-7-20(8-10-21)25-19-29-16-4-6-26(29)24-18-22(11-12-23(24)25)30-17-5-15-28-13-2-1-3-14-28/h4,7,9-13,23-24H,1-3,5-6,8,14-19H2;2*7-12,18,25-26H,1-6,13-17,19H2/t23-,24-;25-,26+;25-,26-/m010/s1. The Morgan fingerprint density at radius 2 is 0.700 bits per heavy atom. The molecule has 9 nitrogen and oxygen atoms in total. The van der Waals surface area contributed by atoms with Crippen molar-refractivity contribution in [3.63, 3.8) is 0 Å². The molecule has 6 fully saturated rings. The molecule has 6 aromatic carbocycles. The molecule has 0 amide bonds. The predicted molar refractivity (Wildman–Crippen MR) is 356 cm³/mol. The zero-order chi connectivity index (χ0) is 61.0. The van der Waals surface area contributed by atoms with Crippen molar-refractivity contribution >= 4 is 0 Å². The number of halogens is 3. The van der Waals surface area contributed by atoms with Gasteiger partial charge in [-0.15, -0.1) is 0 Å². The van der Waals surface area contributed by atoms with Crippen molar-refractivity contribution in [1.82, 2.24) is 29.4 Å². The maximum absolute atomic E-state index is 13.6. The summed E-state index contributed by atoms with van der Waals surface area (Å²) < 4.78 is 59.2. The maximum Gasteiger partial charge on any atom is 0.123 e. The van der Waals surface area contributed by atoms with Gasteiger partial charge in [0, 0.05) is 80.7 Å². The zero-order valence-electron chi connectivity index (χ0n) is 53.6. The minimum Gasteiger partial charge on any atom is -0.494 e. The van der Waals surface area contributed by atoms with Crippen LogP contribution < -0.4 is 14.2 Å². The van der Waals surface area contributed by atoms with Crippen molar-refractivity contribution in [2.75, 3.05) is 118 Å². The normalized spacial score (nSPS) is 24.4. The lowest BCUT2D eigenvalue weighted by Crippen LogP contribution is -2.35. The summed E-state index contributed by atoms with van der Waals surface area (Å²) in [6, 6.07) is 42.7. The molecule has 9 aliphatic rings. The van der Waals surface area contributed by atoms with Gasteiger partial charge in [0.1, 0.15) is 34.7 Å². The first-order chi connectivity index (χ1) is 44.3. The molecule has 12 heteroatoms. The van der Waals surface area contributed by atoms with E-state index in [9.17, 15) is 13.2 Å². The fraction of sp³-hybridized carbons (Fsp3) is 0.538. The highest BCUT2D eigenvalue weighted by molar-refractivity contribution is 5.52. The third-order valence-electron chi connectivity index (χ3n) is 21.5. The van der Waals surface area contributed by atoms with Crippen LogP contribution >= 0.6 is 0 Å². The molecule has 9 aliphatic heterocycles. The molecule has 6 atom stereocenters. The number of ether oxygens (including phenoxy) is 3. The van der Waals surface area contributed by atoms with E-state index >= 15 is 0 Å². The quantitative estimate of drug-likeness (QED) is 0.0783. The van der Waals surface area contributed by atoms with E-state index in [1.54, 1.807) is 36.4 Å². The Bertz CT molecular complexity index is 3060. The van der Waals surface area contributed by atoms with Gasteiger partial charge in [-0.1, -0.05) is 79.9 Å². The second-order valence-electron chi connectivity index (χ2n) is 27.4. The molecule has 9 heterocycles. The van der Waals surface area contributed by atoms with Gasteiger partial charge in [-0.25, -0.2) is 13.2 Å². The number of hydrogen-bond donors (Lipinski definition) is 0. The Morgan fingerprint density at radius 3 is 1.11 bits per heavy atom. The molecule has 0 N–H and O–H groups in total. The highest BCUT2D eigenvalue weighted by atomic mass is 19.1. The average molecular weight is 1230 g/mol. The Kier molecular flexibility index (Phi) is 21.6. The summed E-state index contributed by atoms with van der Waals surface area (Å²) in [6.45, 7) is 19.8. The van der Waals surface area contributed by atoms with Crippen molar-refractivity contribution in [3.05, 3.63) is 195 Å². The van der Waals surface area contributed by atoms with Gasteiger partial charge in [0.05, 0.1) is 19.8 Å². The van der Waals surface area contributed by atoms with E-state index in [4.69, 9.17) is 14.2 Å². The fourth-order valence-electron chi connectivity index (χ4n) is 16.9. The van der Waals surface area contributed by atoms with Crippen LogP contribution in [0.25, 0.3) is 0 Å². The molecule has 0 saturated carbocycles. The van der Waals surface area contributed by atoms with Crippen LogP contribution in [0.4, 0.5) is 13.2 Å². The molecule has 6 aromatic rings. The Labute approximate surface area is 535 Å². The number of hydrogen-bond acceptors (Lipinski definition) is 9. The van der Waals surface area contributed by atoms with Gasteiger partial charge in [0.15, 0.2) is 0 Å². The first-order valence-corrected chi connectivity index (χ1v) is 35.3. The highest BCUT2D eigenvalue weighted by Crippen LogP contribution is 2.49. The van der Waals surface area contributed by atoms with Crippen molar-refractivity contribution in [1.29, 1.82) is 0 Å². The fourth-order valence-corrected chi connectivity index (χ4v) is 16.9. The Balaban J connectivity index is 0.000000124. The molecule has 0 unspecified atom stereocenters. The zero-order valence-corrected chi connectivity index (χ0v) is 53.6. The van der Waals surface area contributed by atoms with Gasteiger partial charge < -0.3 is 28.9 Å². The summed E-state index contributed by atoms with van der Waals surface area (Å²) in [5.41, 5.74) is 12.0. The second-order valence-corrected chi connectivity index (χ2v) is 27.4. The lowest BCUT2D eigenvalue weighted by molar-refractivity contribution is 0.200. The molecule has 480 valence electrons. The number of likely N-dealkylation sites (tertiary alicyclic amines) is 3. The van der Waals surface area contributed by atoms with Crippen LogP contribution in [0.5, 0.6) is 17.2 Å². The highest BCUT2D eigenvalue weighted by Gasteiger charge is 2.40. The van der Waals surface area contributed by atoms with Crippen molar-refractivity contribution in [2.24, 2.45) is 0 Å². The van der Waals surface area contributed by atoms with Gasteiger partial charge in [-0.2, -0.15) is 0 Å². The van der Waals surface area contributed by atoms with Crippen molar-refractivity contribution < 1.29 is 27.4 Å². The van der Waals surface area contributed by atoms with E-state index in [0.717, 1.165) is 115 Å². The second kappa shape index (κ2) is 30.8. The summed E-state index contributed by atoms with van der Waals surface area (Å²) in [7, 11) is 0. The lowest BCUT2D eigenvalue weighted by atomic mass is 9.81. The Morgan fingerprint density at radius 1 is 0.333 bits per heavy atom. The Hall–Kier alpha value is -5.73. The van der Waals surface area contributed by atoms with Crippen LogP contribution in [-0.2, 0) is 0 Å². The largest absolute Gasteiger partial charge is 0.494 e. The number of fused-ring (bicyclic) bond motifs is 9. The molecular weight excluding hydrogens is 1130 g/mol. The van der Waals surface area contributed by atoms with E-state index in [1.165, 1.54) is 186 Å². The molecule has 15 rings (SSSR count). The van der Waals surface area contributed by atoms with Crippen molar-refractivity contribution in [3.8, 4) is 17.2 Å². The van der Waals surface area contributed by atoms with Crippen LogP contribution in [0.2, 0.25) is 0 Å². The van der Waals surface area contributed by atoms with Crippen LogP contribution in [0.3, 0.4) is 0 Å². The van der Waals surface area contributed by atoms with Crippen LogP contribution in [0.1, 0.15) is 202 Å². The van der Waals surface area contributed by atoms with Gasteiger partial charge in [-0.3, -0.25) is 14.7 Å². The minimum atomic E-state index is -0.170. The summed E-state index contributed by atoms with van der Waals surface area (Å²) in [4.78, 5) is 15.5. The topological polar surface area (TPSA) is 47.1 Å². The number of nitrogens with zero attached hydrogens (tertiary/aromatic N) is 6. The van der Waals surface area contributed by atoms with Crippen LogP contribution in [0, 0.1) is 17.5 Å². The number of rotatable bonds is 18. The van der Waals surface area contributed by atoms with E-state index in [0.29, 0.717) is 30.0 Å². The number of piperidine rings is 3. The summed E-state index contributed by atoms with van der Waals surface area (Å²) in [6.07, 6.45) is 22.9. The molecular formula is C78H99F3N6O3. The lowest BCUT2D eigenvalue weighted by Gasteiger charge is -2.38. The monoisotopic (exact) mass is 1220 g/mol. The summed E-state index contributed by atoms with van der Waals surface area (Å²) in [5, 5.41) is 0. The maximum atomic E-state index is 13.6. The molecule has 0 spiro atoms. The van der Waals surface area contributed by atoms with Crippen LogP contribution in [0.15, 0.2) is 127 Å². The molecule has 0 bridgehead atoms. The van der Waals surface area contributed by atoms with Gasteiger partial charge in [0.25, 0.3) is 0 Å². The van der Waals surface area contributed by atoms with Crippen LogP contribution in [-0.4, -0.2) is 147 Å². The predicted octanol–water partition coefficient (Wildman–Crippen LogP) is 16.1. The van der Waals surface area contributed by atoms with E-state index in [1.807, 2.05) is 36.4 Å². The van der Waals surface area contributed by atoms with Gasteiger partial charge in [-0.05, 0) is 266 Å². The summed E-state index contributed by atoms with van der Waals surface area (Å²) >= 11 is 0. The van der Waals surface area contributed by atoms with Crippen molar-refractivity contribution in [2.45, 2.75) is 151 Å². The first kappa shape index (κ1) is 63.0. The first-order valence-electron chi connectivity index (χ1n) is 35.3. The third-order valence-corrected chi connectivity index (χ3v) is 21.5. The van der Waals surface area contributed by atoms with Gasteiger partial charge >= 0.3 is 0 Å². The smallest absolute Gasteiger partial charge is 0.123 e. The molecule has 90 heavy (non-hydrogen) atoms. The molecule has 0 aromatic heterocycles. The third kappa shape index (κ3) is 15.5. The van der Waals surface area contributed by atoms with Gasteiger partial charge in [0.2, 0.25) is 0 Å². The number of benzene rings is 6. The molecule has 6 saturated heterocycles. The van der Waals surface area contributed by atoms with E-state index in [2.05, 4.69) is 84.0 Å². The average Bonchev–Trinajstić information content (AvgIpc) is 1.55. The SMILES string of the molecule is Fc1ccc([C@@H]2CN3CCC[C@H]3c3cc(OCCCN4CCCCC4)ccc32)cc1.Fc1ccc([C@@H]2CN3CCC[C@H]3c3cccc(OCCCN4CCCCC4)c32)cc1.Fc1ccc([C@H]2CN3CCC[C@H]3c3cc(OCCCN4CCCCC4)ccc32)cc1. The van der Waals surface area contributed by atoms with E-state index in [-0.39, 0.29) is 23.4 Å². The summed E-state index contributed by atoms with van der Waals surface area (Å²) in [5.74, 6) is 3.39. The molecule has 0 radical (unpaired) electrons.